The van der Waals surface area contributed by atoms with E-state index in [0.29, 0.717) is 11.3 Å². The molecular formula is C23H18FN3O3. The van der Waals surface area contributed by atoms with Crippen molar-refractivity contribution in [2.24, 2.45) is 0 Å². The van der Waals surface area contributed by atoms with E-state index in [9.17, 15) is 9.18 Å². The number of hydrogen-bond acceptors (Lipinski definition) is 5. The van der Waals surface area contributed by atoms with Crippen LogP contribution in [-0.4, -0.2) is 23.2 Å². The number of amides is 1. The van der Waals surface area contributed by atoms with Crippen LogP contribution in [0.25, 0.3) is 11.5 Å². The van der Waals surface area contributed by atoms with E-state index in [4.69, 9.17) is 9.15 Å². The molecule has 0 radical (unpaired) electrons. The first-order chi connectivity index (χ1) is 14.7. The summed E-state index contributed by atoms with van der Waals surface area (Å²) in [7, 11) is 1.48. The zero-order chi connectivity index (χ0) is 20.9. The summed E-state index contributed by atoms with van der Waals surface area (Å²) in [5, 5.41) is 10.9. The molecule has 0 saturated carbocycles. The Morgan fingerprint density at radius 2 is 1.67 bits per heavy atom. The van der Waals surface area contributed by atoms with Crippen LogP contribution in [0.2, 0.25) is 0 Å². The molecular weight excluding hydrogens is 385 g/mol. The number of methoxy groups -OCH3 is 1. The Bertz CT molecular complexity index is 1160. The van der Waals surface area contributed by atoms with Crippen LogP contribution < -0.4 is 10.1 Å². The quantitative estimate of drug-likeness (QED) is 0.516. The summed E-state index contributed by atoms with van der Waals surface area (Å²) in [4.78, 5) is 13.0. The molecule has 1 unspecified atom stereocenters. The highest BCUT2D eigenvalue weighted by molar-refractivity contribution is 5.97. The summed E-state index contributed by atoms with van der Waals surface area (Å²) in [6.07, 6.45) is 0. The van der Waals surface area contributed by atoms with Crippen LogP contribution in [0.4, 0.5) is 4.39 Å². The van der Waals surface area contributed by atoms with Crippen molar-refractivity contribution in [3.8, 4) is 17.2 Å². The number of carbonyl (C=O) groups excluding carboxylic acids is 1. The molecule has 0 aliphatic heterocycles. The number of nitrogens with zero attached hydrogens (tertiary/aromatic N) is 2. The van der Waals surface area contributed by atoms with Crippen LogP contribution in [0.5, 0.6) is 5.75 Å². The first-order valence-electron chi connectivity index (χ1n) is 9.24. The van der Waals surface area contributed by atoms with Crippen molar-refractivity contribution >= 4 is 5.91 Å². The standard InChI is InChI=1S/C23H18FN3O3/c1-29-19-14-8-6-12-17(19)21(28)25-20(16-11-5-7-13-18(16)24)23-27-26-22(30-23)15-9-3-2-4-10-15/h2-14,20H,1H3,(H,25,28). The van der Waals surface area contributed by atoms with Crippen LogP contribution in [0.3, 0.4) is 0 Å². The monoisotopic (exact) mass is 403 g/mol. The molecule has 0 saturated heterocycles. The van der Waals surface area contributed by atoms with E-state index in [1.165, 1.54) is 13.2 Å². The van der Waals surface area contributed by atoms with Gasteiger partial charge in [0, 0.05) is 11.1 Å². The summed E-state index contributed by atoms with van der Waals surface area (Å²) in [6.45, 7) is 0. The third-order valence-corrected chi connectivity index (χ3v) is 4.55. The number of para-hydroxylation sites is 1. The highest BCUT2D eigenvalue weighted by atomic mass is 19.1. The van der Waals surface area contributed by atoms with Gasteiger partial charge in [-0.2, -0.15) is 0 Å². The molecule has 0 aliphatic rings. The van der Waals surface area contributed by atoms with Crippen LogP contribution in [0, 0.1) is 5.82 Å². The molecule has 1 atom stereocenters. The summed E-state index contributed by atoms with van der Waals surface area (Å²) in [5.74, 6) is -0.207. The number of benzene rings is 3. The molecule has 1 aromatic heterocycles. The molecule has 4 rings (SSSR count). The molecule has 0 bridgehead atoms. The minimum atomic E-state index is -0.978. The van der Waals surface area contributed by atoms with Crippen molar-refractivity contribution in [2.75, 3.05) is 7.11 Å². The highest BCUT2D eigenvalue weighted by Crippen LogP contribution is 2.28. The fraction of sp³-hybridized carbons (Fsp3) is 0.0870. The second kappa shape index (κ2) is 8.57. The molecule has 3 aromatic carbocycles. The van der Waals surface area contributed by atoms with Crippen LogP contribution in [0.1, 0.15) is 27.9 Å². The van der Waals surface area contributed by atoms with E-state index in [1.54, 1.807) is 42.5 Å². The third-order valence-electron chi connectivity index (χ3n) is 4.55. The molecule has 0 fully saturated rings. The topological polar surface area (TPSA) is 77.2 Å². The average molecular weight is 403 g/mol. The lowest BCUT2D eigenvalue weighted by Crippen LogP contribution is -2.30. The van der Waals surface area contributed by atoms with E-state index in [0.717, 1.165) is 5.56 Å². The van der Waals surface area contributed by atoms with Crippen molar-refractivity contribution in [1.29, 1.82) is 0 Å². The highest BCUT2D eigenvalue weighted by Gasteiger charge is 2.27. The molecule has 0 spiro atoms. The van der Waals surface area contributed by atoms with Gasteiger partial charge in [0.25, 0.3) is 5.91 Å². The Hall–Kier alpha value is -4.00. The second-order valence-electron chi connectivity index (χ2n) is 6.44. The summed E-state index contributed by atoms with van der Waals surface area (Å²) in [5.41, 5.74) is 1.24. The van der Waals surface area contributed by atoms with Gasteiger partial charge in [0.1, 0.15) is 17.6 Å². The number of aromatic nitrogens is 2. The Labute approximate surface area is 172 Å². The maximum absolute atomic E-state index is 14.6. The number of carbonyl (C=O) groups is 1. The van der Waals surface area contributed by atoms with Gasteiger partial charge in [-0.05, 0) is 30.3 Å². The fourth-order valence-electron chi connectivity index (χ4n) is 3.07. The van der Waals surface area contributed by atoms with E-state index >= 15 is 0 Å². The summed E-state index contributed by atoms with van der Waals surface area (Å²) < 4.78 is 25.6. The van der Waals surface area contributed by atoms with Gasteiger partial charge in [-0.25, -0.2) is 4.39 Å². The molecule has 30 heavy (non-hydrogen) atoms. The van der Waals surface area contributed by atoms with Crippen LogP contribution in [-0.2, 0) is 0 Å². The van der Waals surface area contributed by atoms with E-state index in [2.05, 4.69) is 15.5 Å². The molecule has 1 heterocycles. The maximum atomic E-state index is 14.6. The average Bonchev–Trinajstić information content (AvgIpc) is 3.28. The number of rotatable bonds is 6. The van der Waals surface area contributed by atoms with E-state index in [-0.39, 0.29) is 17.3 Å². The minimum Gasteiger partial charge on any atom is -0.496 e. The first kappa shape index (κ1) is 19.3. The molecule has 0 aliphatic carbocycles. The predicted molar refractivity (Wildman–Crippen MR) is 108 cm³/mol. The summed E-state index contributed by atoms with van der Waals surface area (Å²) >= 11 is 0. The van der Waals surface area contributed by atoms with Gasteiger partial charge in [0.2, 0.25) is 11.8 Å². The first-order valence-corrected chi connectivity index (χ1v) is 9.24. The minimum absolute atomic E-state index is 0.0715. The van der Waals surface area contributed by atoms with Crippen molar-refractivity contribution in [3.05, 3.63) is 102 Å². The number of hydrogen-bond donors (Lipinski definition) is 1. The lowest BCUT2D eigenvalue weighted by Gasteiger charge is -2.17. The van der Waals surface area contributed by atoms with Gasteiger partial charge < -0.3 is 14.5 Å². The van der Waals surface area contributed by atoms with Crippen molar-refractivity contribution in [1.82, 2.24) is 15.5 Å². The van der Waals surface area contributed by atoms with Gasteiger partial charge in [-0.3, -0.25) is 4.79 Å². The van der Waals surface area contributed by atoms with Gasteiger partial charge in [-0.1, -0.05) is 48.5 Å². The zero-order valence-corrected chi connectivity index (χ0v) is 16.1. The Morgan fingerprint density at radius 1 is 0.967 bits per heavy atom. The molecule has 1 amide bonds. The molecule has 150 valence electrons. The van der Waals surface area contributed by atoms with Crippen LogP contribution >= 0.6 is 0 Å². The normalized spacial score (nSPS) is 11.7. The van der Waals surface area contributed by atoms with Crippen molar-refractivity contribution < 1.29 is 18.3 Å². The van der Waals surface area contributed by atoms with Crippen LogP contribution in [0.15, 0.2) is 83.3 Å². The second-order valence-corrected chi connectivity index (χ2v) is 6.44. The smallest absolute Gasteiger partial charge is 0.255 e. The number of halogens is 1. The number of nitrogens with one attached hydrogen (secondary N) is 1. The number of ether oxygens (including phenoxy) is 1. The molecule has 1 N–H and O–H groups in total. The fourth-order valence-corrected chi connectivity index (χ4v) is 3.07. The van der Waals surface area contributed by atoms with Gasteiger partial charge in [0.15, 0.2) is 0 Å². The lowest BCUT2D eigenvalue weighted by molar-refractivity contribution is 0.0934. The van der Waals surface area contributed by atoms with Gasteiger partial charge in [-0.15, -0.1) is 10.2 Å². The van der Waals surface area contributed by atoms with E-state index < -0.39 is 17.8 Å². The third kappa shape index (κ3) is 3.91. The van der Waals surface area contributed by atoms with Gasteiger partial charge in [0.05, 0.1) is 12.7 Å². The van der Waals surface area contributed by atoms with Gasteiger partial charge >= 0.3 is 0 Å². The Kier molecular flexibility index (Phi) is 5.52. The summed E-state index contributed by atoms with van der Waals surface area (Å²) in [6, 6.07) is 21.1. The molecule has 4 aromatic rings. The Morgan fingerprint density at radius 3 is 2.43 bits per heavy atom. The molecule has 6 nitrogen and oxygen atoms in total. The largest absolute Gasteiger partial charge is 0.496 e. The van der Waals surface area contributed by atoms with Crippen molar-refractivity contribution in [3.63, 3.8) is 0 Å². The maximum Gasteiger partial charge on any atom is 0.255 e. The Balaban J connectivity index is 1.72. The lowest BCUT2D eigenvalue weighted by atomic mass is 10.1. The van der Waals surface area contributed by atoms with Crippen molar-refractivity contribution in [2.45, 2.75) is 6.04 Å². The predicted octanol–water partition coefficient (Wildman–Crippen LogP) is 4.40. The SMILES string of the molecule is COc1ccccc1C(=O)NC(c1nnc(-c2ccccc2)o1)c1ccccc1F. The molecule has 7 heteroatoms. The van der Waals surface area contributed by atoms with E-state index in [1.807, 2.05) is 30.3 Å². The zero-order valence-electron chi connectivity index (χ0n) is 16.1.